The highest BCUT2D eigenvalue weighted by Crippen LogP contribution is 2.35. The lowest BCUT2D eigenvalue weighted by Gasteiger charge is -2.08. The molecule has 2 aromatic heterocycles. The third-order valence-electron chi connectivity index (χ3n) is 4.57. The van der Waals surface area contributed by atoms with Crippen LogP contribution in [0.3, 0.4) is 0 Å². The number of imidazole rings is 1. The smallest absolute Gasteiger partial charge is 0.390 e. The summed E-state index contributed by atoms with van der Waals surface area (Å²) in [6.45, 7) is -3.54. The van der Waals surface area contributed by atoms with Crippen molar-refractivity contribution >= 4 is 23.4 Å². The Morgan fingerprint density at radius 2 is 1.67 bits per heavy atom. The Kier molecular flexibility index (Phi) is 5.86. The van der Waals surface area contributed by atoms with Gasteiger partial charge < -0.3 is 4.74 Å². The number of alkyl halides is 2. The van der Waals surface area contributed by atoms with Gasteiger partial charge >= 0.3 is 12.8 Å². The van der Waals surface area contributed by atoms with Crippen LogP contribution in [-0.4, -0.2) is 27.9 Å². The van der Waals surface area contributed by atoms with Crippen LogP contribution in [0.5, 0.6) is 0 Å². The maximum atomic E-state index is 14.6. The topological polar surface area (TPSA) is 56.0 Å². The molecule has 0 spiro atoms. The maximum Gasteiger partial charge on any atom is 0.390 e. The highest BCUT2D eigenvalue weighted by molar-refractivity contribution is 6.09. The minimum atomic E-state index is -3.54. The largest absolute Gasteiger partial charge is 0.393 e. The van der Waals surface area contributed by atoms with Crippen molar-refractivity contribution in [1.29, 1.82) is 0 Å². The molecule has 2 heterocycles. The van der Waals surface area contributed by atoms with Gasteiger partial charge in [0.25, 0.3) is 0 Å². The number of carbonyl (C=O) groups is 1. The maximum absolute atomic E-state index is 14.6. The van der Waals surface area contributed by atoms with Crippen LogP contribution in [0.25, 0.3) is 16.9 Å². The summed E-state index contributed by atoms with van der Waals surface area (Å²) in [6, 6.07) is 12.3. The quantitative estimate of drug-likeness (QED) is 0.123. The van der Waals surface area contributed by atoms with Gasteiger partial charge in [-0.25, -0.2) is 18.2 Å². The van der Waals surface area contributed by atoms with Crippen LogP contribution in [0.4, 0.5) is 32.2 Å². The zero-order chi connectivity index (χ0) is 23.7. The summed E-state index contributed by atoms with van der Waals surface area (Å²) in [7, 11) is 0. The van der Waals surface area contributed by atoms with Crippen molar-refractivity contribution in [1.82, 2.24) is 9.38 Å². The molecule has 0 bridgehead atoms. The van der Waals surface area contributed by atoms with Crippen molar-refractivity contribution in [2.75, 3.05) is 0 Å². The molecule has 0 aliphatic rings. The molecule has 4 rings (SSSR count). The average Bonchev–Trinajstić information content (AvgIpc) is 3.14. The van der Waals surface area contributed by atoms with Gasteiger partial charge in [-0.2, -0.15) is 13.8 Å². The number of nitrogens with zero attached hydrogens (tertiary/aromatic N) is 3. The number of pyridine rings is 1. The van der Waals surface area contributed by atoms with E-state index in [9.17, 15) is 31.1 Å². The molecule has 0 fully saturated rings. The molecule has 0 N–H and O–H groups in total. The number of fused-ring (bicyclic) bond motifs is 1. The number of ketones is 1. The zero-order valence-electron chi connectivity index (χ0n) is 16.3. The molecular weight excluding hydrogens is 452 g/mol. The molecule has 2 aromatic carbocycles. The number of aliphatic imine (C=N–C) groups is 1. The van der Waals surface area contributed by atoms with Crippen LogP contribution in [0.1, 0.15) is 15.9 Å². The molecule has 0 saturated heterocycles. The van der Waals surface area contributed by atoms with E-state index in [4.69, 9.17) is 0 Å². The van der Waals surface area contributed by atoms with E-state index in [-0.39, 0.29) is 11.2 Å². The molecule has 0 aliphatic heterocycles. The first-order chi connectivity index (χ1) is 15.8. The summed E-state index contributed by atoms with van der Waals surface area (Å²) in [5, 5.41) is 0. The van der Waals surface area contributed by atoms with E-state index in [1.54, 1.807) is 30.3 Å². The van der Waals surface area contributed by atoms with Crippen LogP contribution in [0, 0.1) is 17.5 Å². The first kappa shape index (κ1) is 22.1. The van der Waals surface area contributed by atoms with E-state index in [2.05, 4.69) is 14.7 Å². The SMILES string of the molecule is O=C(c1ccccc1)c1ccc2nc(N=C(F)OC(F)F)c(-c3ccc(F)c(F)c3F)n2c1. The molecular formula is C22H11F6N3O2. The van der Waals surface area contributed by atoms with Gasteiger partial charge in [-0.15, -0.1) is 4.39 Å². The number of benzene rings is 2. The molecule has 0 aliphatic carbocycles. The van der Waals surface area contributed by atoms with Gasteiger partial charge in [0, 0.05) is 22.9 Å². The molecule has 0 amide bonds. The summed E-state index contributed by atoms with van der Waals surface area (Å²) >= 11 is 0. The molecule has 0 unspecified atom stereocenters. The number of carbonyl (C=O) groups excluding carboxylic acids is 1. The van der Waals surface area contributed by atoms with Crippen LogP contribution in [0.2, 0.25) is 0 Å². The number of hydrogen-bond acceptors (Lipinski definition) is 4. The molecule has 5 nitrogen and oxygen atoms in total. The first-order valence-corrected chi connectivity index (χ1v) is 9.21. The third-order valence-corrected chi connectivity index (χ3v) is 4.57. The van der Waals surface area contributed by atoms with Crippen LogP contribution >= 0.6 is 0 Å². The second kappa shape index (κ2) is 8.77. The second-order valence-corrected chi connectivity index (χ2v) is 6.59. The Morgan fingerprint density at radius 3 is 2.36 bits per heavy atom. The van der Waals surface area contributed by atoms with E-state index in [0.717, 1.165) is 10.5 Å². The molecule has 0 saturated carbocycles. The Bertz CT molecular complexity index is 1390. The number of aromatic nitrogens is 2. The Labute approximate surface area is 181 Å². The number of rotatable bonds is 5. The van der Waals surface area contributed by atoms with Gasteiger partial charge in [0.15, 0.2) is 29.1 Å². The van der Waals surface area contributed by atoms with E-state index < -0.39 is 53.1 Å². The van der Waals surface area contributed by atoms with Crippen molar-refractivity contribution in [3.8, 4) is 11.3 Å². The van der Waals surface area contributed by atoms with Gasteiger partial charge in [-0.3, -0.25) is 9.20 Å². The second-order valence-electron chi connectivity index (χ2n) is 6.59. The number of halogens is 6. The molecule has 4 aromatic rings. The monoisotopic (exact) mass is 463 g/mol. The lowest BCUT2D eigenvalue weighted by molar-refractivity contribution is -0.0688. The zero-order valence-corrected chi connectivity index (χ0v) is 16.3. The predicted octanol–water partition coefficient (Wildman–Crippen LogP) is 5.85. The van der Waals surface area contributed by atoms with Gasteiger partial charge in [0.2, 0.25) is 0 Å². The summed E-state index contributed by atoms with van der Waals surface area (Å²) in [5.74, 6) is -6.05. The van der Waals surface area contributed by atoms with Crippen molar-refractivity contribution in [3.63, 3.8) is 0 Å². The van der Waals surface area contributed by atoms with E-state index in [1.807, 2.05) is 0 Å². The van der Waals surface area contributed by atoms with Crippen LogP contribution in [-0.2, 0) is 4.74 Å². The van der Waals surface area contributed by atoms with Crippen LogP contribution in [0.15, 0.2) is 65.8 Å². The first-order valence-electron chi connectivity index (χ1n) is 9.21. The standard InChI is InChI=1S/C22H11F6N3O2/c23-14-8-7-13(16(24)17(14)25)18-20(30-22(28)33-21(26)27)29-15-9-6-12(10-31(15)18)19(32)11-4-2-1-3-5-11/h1-10,21H. The minimum absolute atomic E-state index is 0.0117. The normalized spacial score (nSPS) is 11.9. The number of ether oxygens (including phenoxy) is 1. The fourth-order valence-corrected chi connectivity index (χ4v) is 3.14. The van der Waals surface area contributed by atoms with Crippen molar-refractivity contribution < 1.29 is 35.9 Å². The summed E-state index contributed by atoms with van der Waals surface area (Å²) in [5.41, 5.74) is -0.615. The Hall–Kier alpha value is -4.15. The van der Waals surface area contributed by atoms with Crippen LogP contribution < -0.4 is 0 Å². The Balaban J connectivity index is 1.95. The summed E-state index contributed by atoms with van der Waals surface area (Å²) in [6.07, 6.45) is -0.781. The lowest BCUT2D eigenvalue weighted by Crippen LogP contribution is -2.04. The fourth-order valence-electron chi connectivity index (χ4n) is 3.14. The minimum Gasteiger partial charge on any atom is -0.393 e. The van der Waals surface area contributed by atoms with Crippen molar-refractivity contribution in [2.24, 2.45) is 4.99 Å². The summed E-state index contributed by atoms with van der Waals surface area (Å²) < 4.78 is 85.0. The molecule has 0 radical (unpaired) electrons. The molecule has 11 heteroatoms. The fraction of sp³-hybridized carbons (Fsp3) is 0.0455. The predicted molar refractivity (Wildman–Crippen MR) is 106 cm³/mol. The highest BCUT2D eigenvalue weighted by atomic mass is 19.3. The molecule has 33 heavy (non-hydrogen) atoms. The van der Waals surface area contributed by atoms with Gasteiger partial charge in [-0.1, -0.05) is 30.3 Å². The van der Waals surface area contributed by atoms with Gasteiger partial charge in [0.05, 0.1) is 0 Å². The third kappa shape index (κ3) is 4.29. The van der Waals surface area contributed by atoms with E-state index in [0.29, 0.717) is 11.6 Å². The molecule has 168 valence electrons. The van der Waals surface area contributed by atoms with E-state index >= 15 is 0 Å². The van der Waals surface area contributed by atoms with E-state index in [1.165, 1.54) is 18.3 Å². The van der Waals surface area contributed by atoms with Crippen molar-refractivity contribution in [2.45, 2.75) is 6.61 Å². The average molecular weight is 463 g/mol. The van der Waals surface area contributed by atoms with Gasteiger partial charge in [-0.05, 0) is 24.3 Å². The highest BCUT2D eigenvalue weighted by Gasteiger charge is 2.23. The lowest BCUT2D eigenvalue weighted by atomic mass is 10.1. The number of hydrogen-bond donors (Lipinski definition) is 0. The summed E-state index contributed by atoms with van der Waals surface area (Å²) in [4.78, 5) is 19.9. The Morgan fingerprint density at radius 1 is 0.939 bits per heavy atom. The van der Waals surface area contributed by atoms with Crippen molar-refractivity contribution in [3.05, 3.63) is 89.4 Å². The molecule has 0 atom stereocenters. The van der Waals surface area contributed by atoms with Gasteiger partial charge in [0.1, 0.15) is 11.3 Å².